The van der Waals surface area contributed by atoms with Gasteiger partial charge in [0.2, 0.25) is 11.8 Å². The van der Waals surface area contributed by atoms with Gasteiger partial charge in [0.05, 0.1) is 17.8 Å². The zero-order valence-corrected chi connectivity index (χ0v) is 11.4. The van der Waals surface area contributed by atoms with Gasteiger partial charge >= 0.3 is 0 Å². The first-order chi connectivity index (χ1) is 9.17. The smallest absolute Gasteiger partial charge is 0.227 e. The Hall–Kier alpha value is -1.91. The molecule has 1 aromatic rings. The summed E-state index contributed by atoms with van der Waals surface area (Å²) in [5.41, 5.74) is 0.766. The molecule has 0 spiro atoms. The summed E-state index contributed by atoms with van der Waals surface area (Å²) in [6.45, 7) is 5.74. The highest BCUT2D eigenvalue weighted by atomic mass is 16.2. The number of hydrogen-bond acceptors (Lipinski definition) is 3. The Balaban J connectivity index is 2.09. The van der Waals surface area contributed by atoms with Crippen molar-refractivity contribution >= 4 is 17.5 Å². The summed E-state index contributed by atoms with van der Waals surface area (Å²) in [5.74, 6) is -0.157. The molecular formula is C14H19N3O2. The Morgan fingerprint density at radius 1 is 1.47 bits per heavy atom. The quantitative estimate of drug-likeness (QED) is 0.821. The molecule has 5 heteroatoms. The molecule has 0 saturated carbocycles. The number of hydrogen-bond donors (Lipinski definition) is 0. The third-order valence-corrected chi connectivity index (χ3v) is 3.51. The van der Waals surface area contributed by atoms with E-state index in [1.807, 2.05) is 19.9 Å². The van der Waals surface area contributed by atoms with Crippen LogP contribution in [0, 0.1) is 5.92 Å². The highest BCUT2D eigenvalue weighted by molar-refractivity contribution is 6.00. The van der Waals surface area contributed by atoms with Crippen LogP contribution in [0.4, 0.5) is 5.69 Å². The van der Waals surface area contributed by atoms with Gasteiger partial charge in [0.25, 0.3) is 0 Å². The van der Waals surface area contributed by atoms with Gasteiger partial charge in [0, 0.05) is 32.3 Å². The lowest BCUT2D eigenvalue weighted by Gasteiger charge is -2.22. The van der Waals surface area contributed by atoms with Gasteiger partial charge in [-0.15, -0.1) is 0 Å². The van der Waals surface area contributed by atoms with Gasteiger partial charge in [-0.1, -0.05) is 0 Å². The summed E-state index contributed by atoms with van der Waals surface area (Å²) in [6.07, 6.45) is 3.62. The maximum absolute atomic E-state index is 12.3. The standard InChI is InChI=1S/C14H19N3O2/c1-3-16(4-2)14(19)11-8-13(18)17(10-11)12-6-5-7-15-9-12/h5-7,9,11H,3-4,8,10H2,1-2H3. The summed E-state index contributed by atoms with van der Waals surface area (Å²) >= 11 is 0. The van der Waals surface area contributed by atoms with Gasteiger partial charge in [-0.2, -0.15) is 0 Å². The Morgan fingerprint density at radius 3 is 2.79 bits per heavy atom. The SMILES string of the molecule is CCN(CC)C(=O)C1CC(=O)N(c2cccnc2)C1. The number of amides is 2. The van der Waals surface area contributed by atoms with E-state index in [9.17, 15) is 9.59 Å². The number of carbonyl (C=O) groups excluding carboxylic acids is 2. The van der Waals surface area contributed by atoms with E-state index >= 15 is 0 Å². The van der Waals surface area contributed by atoms with Crippen LogP contribution >= 0.6 is 0 Å². The lowest BCUT2D eigenvalue weighted by molar-refractivity contribution is -0.135. The Labute approximate surface area is 113 Å². The van der Waals surface area contributed by atoms with Gasteiger partial charge in [-0.05, 0) is 26.0 Å². The van der Waals surface area contributed by atoms with Crippen LogP contribution in [0.3, 0.4) is 0 Å². The lowest BCUT2D eigenvalue weighted by atomic mass is 10.1. The van der Waals surface area contributed by atoms with Crippen LogP contribution in [0.2, 0.25) is 0 Å². The predicted octanol–water partition coefficient (Wildman–Crippen LogP) is 1.30. The fourth-order valence-corrected chi connectivity index (χ4v) is 2.43. The summed E-state index contributed by atoms with van der Waals surface area (Å²) < 4.78 is 0. The van der Waals surface area contributed by atoms with Crippen molar-refractivity contribution in [2.45, 2.75) is 20.3 Å². The van der Waals surface area contributed by atoms with E-state index in [0.717, 1.165) is 5.69 Å². The zero-order chi connectivity index (χ0) is 13.8. The molecule has 5 nitrogen and oxygen atoms in total. The molecule has 2 rings (SSSR count). The molecule has 0 bridgehead atoms. The fourth-order valence-electron chi connectivity index (χ4n) is 2.43. The second-order valence-corrected chi connectivity index (χ2v) is 4.63. The Kier molecular flexibility index (Phi) is 4.14. The van der Waals surface area contributed by atoms with E-state index in [-0.39, 0.29) is 17.7 Å². The largest absolute Gasteiger partial charge is 0.343 e. The summed E-state index contributed by atoms with van der Waals surface area (Å²) in [5, 5.41) is 0. The molecule has 0 radical (unpaired) electrons. The average molecular weight is 261 g/mol. The normalized spacial score (nSPS) is 18.7. The van der Waals surface area contributed by atoms with Crippen LogP contribution < -0.4 is 4.90 Å². The van der Waals surface area contributed by atoms with Gasteiger partial charge in [0.1, 0.15) is 0 Å². The summed E-state index contributed by atoms with van der Waals surface area (Å²) in [6, 6.07) is 3.64. The first kappa shape index (κ1) is 13.5. The highest BCUT2D eigenvalue weighted by Gasteiger charge is 2.36. The number of carbonyl (C=O) groups is 2. The van der Waals surface area contributed by atoms with Crippen LogP contribution in [0.5, 0.6) is 0 Å². The molecule has 1 saturated heterocycles. The van der Waals surface area contributed by atoms with E-state index < -0.39 is 0 Å². The molecule has 19 heavy (non-hydrogen) atoms. The van der Waals surface area contributed by atoms with Crippen LogP contribution in [-0.2, 0) is 9.59 Å². The number of anilines is 1. The molecule has 0 N–H and O–H groups in total. The second-order valence-electron chi connectivity index (χ2n) is 4.63. The maximum Gasteiger partial charge on any atom is 0.227 e. The molecule has 1 fully saturated rings. The van der Waals surface area contributed by atoms with Gasteiger partial charge in [0.15, 0.2) is 0 Å². The lowest BCUT2D eigenvalue weighted by Crippen LogP contribution is -2.37. The van der Waals surface area contributed by atoms with Crippen LogP contribution in [-0.4, -0.2) is 41.3 Å². The van der Waals surface area contributed by atoms with Crippen molar-refractivity contribution in [1.29, 1.82) is 0 Å². The van der Waals surface area contributed by atoms with E-state index in [0.29, 0.717) is 26.1 Å². The van der Waals surface area contributed by atoms with E-state index in [1.54, 1.807) is 28.3 Å². The molecule has 1 atom stereocenters. The minimum atomic E-state index is -0.229. The van der Waals surface area contributed by atoms with Gasteiger partial charge in [-0.3, -0.25) is 14.6 Å². The van der Waals surface area contributed by atoms with E-state index in [4.69, 9.17) is 0 Å². The number of aromatic nitrogens is 1. The molecular weight excluding hydrogens is 242 g/mol. The monoisotopic (exact) mass is 261 g/mol. The third kappa shape index (κ3) is 2.75. The molecule has 1 aliphatic rings. The molecule has 0 aromatic carbocycles. The highest BCUT2D eigenvalue weighted by Crippen LogP contribution is 2.25. The van der Waals surface area contributed by atoms with Gasteiger partial charge in [-0.25, -0.2) is 0 Å². The molecule has 1 aromatic heterocycles. The molecule has 1 unspecified atom stereocenters. The van der Waals surface area contributed by atoms with Crippen LogP contribution in [0.15, 0.2) is 24.5 Å². The minimum absolute atomic E-state index is 0.00138. The third-order valence-electron chi connectivity index (χ3n) is 3.51. The summed E-state index contributed by atoms with van der Waals surface area (Å²) in [7, 11) is 0. The number of nitrogens with zero attached hydrogens (tertiary/aromatic N) is 3. The fraction of sp³-hybridized carbons (Fsp3) is 0.500. The van der Waals surface area contributed by atoms with Crippen molar-refractivity contribution in [3.63, 3.8) is 0 Å². The number of rotatable bonds is 4. The average Bonchev–Trinajstić information content (AvgIpc) is 2.83. The molecule has 2 heterocycles. The Morgan fingerprint density at radius 2 is 2.21 bits per heavy atom. The second kappa shape index (κ2) is 5.82. The van der Waals surface area contributed by atoms with Crippen LogP contribution in [0.1, 0.15) is 20.3 Å². The van der Waals surface area contributed by atoms with Crippen LogP contribution in [0.25, 0.3) is 0 Å². The molecule has 102 valence electrons. The first-order valence-corrected chi connectivity index (χ1v) is 6.66. The predicted molar refractivity (Wildman–Crippen MR) is 72.6 cm³/mol. The minimum Gasteiger partial charge on any atom is -0.343 e. The van der Waals surface area contributed by atoms with Gasteiger partial charge < -0.3 is 9.80 Å². The molecule has 2 amide bonds. The van der Waals surface area contributed by atoms with Crippen molar-refractivity contribution in [2.75, 3.05) is 24.5 Å². The van der Waals surface area contributed by atoms with Crippen molar-refractivity contribution in [1.82, 2.24) is 9.88 Å². The molecule has 0 aliphatic carbocycles. The molecule has 1 aliphatic heterocycles. The number of pyridine rings is 1. The zero-order valence-electron chi connectivity index (χ0n) is 11.4. The van der Waals surface area contributed by atoms with Crippen molar-refractivity contribution in [3.8, 4) is 0 Å². The van der Waals surface area contributed by atoms with E-state index in [2.05, 4.69) is 4.98 Å². The topological polar surface area (TPSA) is 53.5 Å². The van der Waals surface area contributed by atoms with Crippen molar-refractivity contribution in [3.05, 3.63) is 24.5 Å². The maximum atomic E-state index is 12.3. The van der Waals surface area contributed by atoms with Crippen molar-refractivity contribution in [2.24, 2.45) is 5.92 Å². The van der Waals surface area contributed by atoms with E-state index in [1.165, 1.54) is 0 Å². The van der Waals surface area contributed by atoms with Crippen molar-refractivity contribution < 1.29 is 9.59 Å². The Bertz CT molecular complexity index is 457. The summed E-state index contributed by atoms with van der Waals surface area (Å²) in [4.78, 5) is 31.7. The first-order valence-electron chi connectivity index (χ1n) is 6.66.